The SMILES string of the molecule is NCC(=O)c1cc2c(c(Br)c1F)OCCO2. The minimum absolute atomic E-state index is 0.0846. The lowest BCUT2D eigenvalue weighted by molar-refractivity contribution is 0.0995. The highest BCUT2D eigenvalue weighted by atomic mass is 79.9. The van der Waals surface area contributed by atoms with Crippen molar-refractivity contribution in [1.82, 2.24) is 0 Å². The van der Waals surface area contributed by atoms with E-state index in [1.165, 1.54) is 6.07 Å². The summed E-state index contributed by atoms with van der Waals surface area (Å²) >= 11 is 3.04. The fourth-order valence-electron chi connectivity index (χ4n) is 1.44. The van der Waals surface area contributed by atoms with Crippen LogP contribution in [0, 0.1) is 5.82 Å². The molecule has 0 amide bonds. The first-order valence-corrected chi connectivity index (χ1v) is 5.45. The third-order valence-corrected chi connectivity index (χ3v) is 2.91. The average Bonchev–Trinajstić information content (AvgIpc) is 2.33. The lowest BCUT2D eigenvalue weighted by Gasteiger charge is -2.20. The van der Waals surface area contributed by atoms with Gasteiger partial charge in [-0.25, -0.2) is 4.39 Å². The van der Waals surface area contributed by atoms with Crippen molar-refractivity contribution in [3.8, 4) is 11.5 Å². The van der Waals surface area contributed by atoms with Crippen molar-refractivity contribution in [3.05, 3.63) is 21.9 Å². The Morgan fingerprint density at radius 3 is 2.88 bits per heavy atom. The van der Waals surface area contributed by atoms with E-state index in [9.17, 15) is 9.18 Å². The van der Waals surface area contributed by atoms with E-state index in [0.29, 0.717) is 19.0 Å². The zero-order chi connectivity index (χ0) is 11.7. The number of Topliss-reactive ketones (excluding diaryl/α,β-unsaturated/α-hetero) is 1. The molecule has 16 heavy (non-hydrogen) atoms. The molecule has 1 aromatic carbocycles. The summed E-state index contributed by atoms with van der Waals surface area (Å²) < 4.78 is 24.4. The number of halogens is 2. The number of fused-ring (bicyclic) bond motifs is 1. The van der Waals surface area contributed by atoms with E-state index in [2.05, 4.69) is 15.9 Å². The minimum Gasteiger partial charge on any atom is -0.486 e. The van der Waals surface area contributed by atoms with E-state index in [-0.39, 0.29) is 22.3 Å². The van der Waals surface area contributed by atoms with Crippen LogP contribution in [0.15, 0.2) is 10.5 Å². The number of ketones is 1. The van der Waals surface area contributed by atoms with E-state index in [1.54, 1.807) is 0 Å². The molecule has 0 radical (unpaired) electrons. The average molecular weight is 290 g/mol. The third kappa shape index (κ3) is 1.78. The molecule has 0 spiro atoms. The highest BCUT2D eigenvalue weighted by Crippen LogP contribution is 2.40. The number of hydrogen-bond acceptors (Lipinski definition) is 4. The number of carbonyl (C=O) groups excluding carboxylic acids is 1. The molecule has 0 aromatic heterocycles. The Labute approximate surface area is 99.6 Å². The summed E-state index contributed by atoms with van der Waals surface area (Å²) in [5, 5.41) is 0. The van der Waals surface area contributed by atoms with Crippen LogP contribution in [0.25, 0.3) is 0 Å². The van der Waals surface area contributed by atoms with Crippen molar-refractivity contribution < 1.29 is 18.7 Å². The van der Waals surface area contributed by atoms with Crippen LogP contribution in [0.5, 0.6) is 11.5 Å². The molecule has 2 N–H and O–H groups in total. The third-order valence-electron chi connectivity index (χ3n) is 2.20. The first-order valence-electron chi connectivity index (χ1n) is 4.66. The fourth-order valence-corrected chi connectivity index (χ4v) is 1.96. The van der Waals surface area contributed by atoms with Crippen LogP contribution < -0.4 is 15.2 Å². The van der Waals surface area contributed by atoms with Gasteiger partial charge in [0.2, 0.25) is 0 Å². The monoisotopic (exact) mass is 289 g/mol. The van der Waals surface area contributed by atoms with Crippen molar-refractivity contribution >= 4 is 21.7 Å². The van der Waals surface area contributed by atoms with Gasteiger partial charge in [0, 0.05) is 0 Å². The van der Waals surface area contributed by atoms with Gasteiger partial charge in [-0.3, -0.25) is 4.79 Å². The maximum atomic E-state index is 13.8. The predicted molar refractivity (Wildman–Crippen MR) is 58.5 cm³/mol. The van der Waals surface area contributed by atoms with E-state index in [4.69, 9.17) is 15.2 Å². The van der Waals surface area contributed by atoms with Gasteiger partial charge in [-0.15, -0.1) is 0 Å². The molecular weight excluding hydrogens is 281 g/mol. The summed E-state index contributed by atoms with van der Waals surface area (Å²) in [5.74, 6) is -0.497. The summed E-state index contributed by atoms with van der Waals surface area (Å²) in [6.45, 7) is 0.486. The lowest BCUT2D eigenvalue weighted by Crippen LogP contribution is -2.19. The van der Waals surface area contributed by atoms with Crippen LogP contribution in [0.4, 0.5) is 4.39 Å². The molecule has 0 atom stereocenters. The first kappa shape index (κ1) is 11.3. The van der Waals surface area contributed by atoms with Gasteiger partial charge in [-0.05, 0) is 22.0 Å². The van der Waals surface area contributed by atoms with E-state index < -0.39 is 11.6 Å². The Kier molecular flexibility index (Phi) is 3.11. The van der Waals surface area contributed by atoms with Gasteiger partial charge in [0.1, 0.15) is 13.2 Å². The zero-order valence-electron chi connectivity index (χ0n) is 8.26. The molecule has 0 bridgehead atoms. The Balaban J connectivity index is 2.57. The van der Waals surface area contributed by atoms with Crippen molar-refractivity contribution in [3.63, 3.8) is 0 Å². The number of benzene rings is 1. The molecule has 1 aliphatic rings. The van der Waals surface area contributed by atoms with Crippen LogP contribution in [0.3, 0.4) is 0 Å². The standard InChI is InChI=1S/C10H9BrFNO3/c11-8-9(12)5(6(14)4-13)3-7-10(8)16-2-1-15-7/h3H,1-2,4,13H2. The molecule has 0 saturated heterocycles. The zero-order valence-corrected chi connectivity index (χ0v) is 9.84. The lowest BCUT2D eigenvalue weighted by atomic mass is 10.1. The summed E-state index contributed by atoms with van der Waals surface area (Å²) in [4.78, 5) is 11.4. The first-order chi connectivity index (χ1) is 7.65. The van der Waals surface area contributed by atoms with E-state index in [0.717, 1.165) is 0 Å². The van der Waals surface area contributed by atoms with Crippen LogP contribution in [-0.4, -0.2) is 25.5 Å². The second kappa shape index (κ2) is 4.39. The Morgan fingerprint density at radius 2 is 2.19 bits per heavy atom. The fraction of sp³-hybridized carbons (Fsp3) is 0.300. The Morgan fingerprint density at radius 1 is 1.50 bits per heavy atom. The minimum atomic E-state index is -0.667. The number of hydrogen-bond donors (Lipinski definition) is 1. The van der Waals surface area contributed by atoms with Gasteiger partial charge in [-0.2, -0.15) is 0 Å². The van der Waals surface area contributed by atoms with Crippen LogP contribution in [0.1, 0.15) is 10.4 Å². The molecule has 0 aliphatic carbocycles. The molecule has 2 rings (SSSR count). The van der Waals surface area contributed by atoms with Crippen molar-refractivity contribution in [2.45, 2.75) is 0 Å². The van der Waals surface area contributed by atoms with Crippen LogP contribution in [0.2, 0.25) is 0 Å². The highest BCUT2D eigenvalue weighted by molar-refractivity contribution is 9.10. The van der Waals surface area contributed by atoms with Crippen LogP contribution in [-0.2, 0) is 0 Å². The number of ether oxygens (including phenoxy) is 2. The Bertz CT molecular complexity index is 450. The van der Waals surface area contributed by atoms with Crippen LogP contribution >= 0.6 is 15.9 Å². The molecular formula is C10H9BrFNO3. The largest absolute Gasteiger partial charge is 0.486 e. The second-order valence-corrected chi connectivity index (χ2v) is 4.00. The maximum absolute atomic E-state index is 13.8. The van der Waals surface area contributed by atoms with Crippen molar-refractivity contribution in [1.29, 1.82) is 0 Å². The number of carbonyl (C=O) groups is 1. The smallest absolute Gasteiger partial charge is 0.179 e. The highest BCUT2D eigenvalue weighted by Gasteiger charge is 2.24. The van der Waals surface area contributed by atoms with Gasteiger partial charge in [0.05, 0.1) is 16.6 Å². The molecule has 0 fully saturated rings. The summed E-state index contributed by atoms with van der Waals surface area (Å²) in [6.07, 6.45) is 0. The summed E-state index contributed by atoms with van der Waals surface area (Å²) in [5.41, 5.74) is 5.11. The number of rotatable bonds is 2. The molecule has 4 nitrogen and oxygen atoms in total. The molecule has 1 aromatic rings. The van der Waals surface area contributed by atoms with Crippen molar-refractivity contribution in [2.75, 3.05) is 19.8 Å². The molecule has 6 heteroatoms. The topological polar surface area (TPSA) is 61.6 Å². The van der Waals surface area contributed by atoms with E-state index in [1.807, 2.05) is 0 Å². The van der Waals surface area contributed by atoms with Gasteiger partial charge in [0.25, 0.3) is 0 Å². The molecule has 0 saturated carbocycles. The summed E-state index contributed by atoms with van der Waals surface area (Å²) in [7, 11) is 0. The maximum Gasteiger partial charge on any atom is 0.179 e. The van der Waals surface area contributed by atoms with Gasteiger partial charge < -0.3 is 15.2 Å². The van der Waals surface area contributed by atoms with E-state index >= 15 is 0 Å². The van der Waals surface area contributed by atoms with Crippen molar-refractivity contribution in [2.24, 2.45) is 5.73 Å². The Hall–Kier alpha value is -1.14. The molecule has 1 heterocycles. The molecule has 86 valence electrons. The quantitative estimate of drug-likeness (QED) is 0.838. The van der Waals surface area contributed by atoms with Gasteiger partial charge in [0.15, 0.2) is 23.1 Å². The normalized spacial score (nSPS) is 13.7. The number of nitrogens with two attached hydrogens (primary N) is 1. The predicted octanol–water partition coefficient (Wildman–Crippen LogP) is 1.50. The molecule has 1 aliphatic heterocycles. The van der Waals surface area contributed by atoms with Gasteiger partial charge >= 0.3 is 0 Å². The van der Waals surface area contributed by atoms with Gasteiger partial charge in [-0.1, -0.05) is 0 Å². The second-order valence-electron chi connectivity index (χ2n) is 3.20. The summed E-state index contributed by atoms with van der Waals surface area (Å²) in [6, 6.07) is 1.32. The molecule has 0 unspecified atom stereocenters.